The van der Waals surface area contributed by atoms with Gasteiger partial charge < -0.3 is 0 Å². The van der Waals surface area contributed by atoms with Crippen LogP contribution in [0.1, 0.15) is 74.5 Å². The van der Waals surface area contributed by atoms with E-state index in [1.807, 2.05) is 6.07 Å². The van der Waals surface area contributed by atoms with E-state index in [2.05, 4.69) is 40.7 Å². The molecule has 0 heterocycles. The van der Waals surface area contributed by atoms with Crippen molar-refractivity contribution >= 4 is 16.8 Å². The zero-order chi connectivity index (χ0) is 14.4. The van der Waals surface area contributed by atoms with Crippen molar-refractivity contribution in [2.45, 2.75) is 64.7 Å². The van der Waals surface area contributed by atoms with Crippen LogP contribution in [0.2, 0.25) is 0 Å². The van der Waals surface area contributed by atoms with E-state index in [0.717, 1.165) is 18.4 Å². The third-order valence-electron chi connectivity index (χ3n) is 4.67. The summed E-state index contributed by atoms with van der Waals surface area (Å²) >= 11 is 5.75. The fraction of sp³-hybridized carbons (Fsp3) is 0.588. The van der Waals surface area contributed by atoms with Gasteiger partial charge in [-0.1, -0.05) is 40.7 Å². The molecule has 0 spiro atoms. The van der Waals surface area contributed by atoms with E-state index in [1.54, 1.807) is 0 Å². The van der Waals surface area contributed by atoms with Crippen LogP contribution in [0.5, 0.6) is 0 Å². The highest BCUT2D eigenvalue weighted by Crippen LogP contribution is 2.46. The Hall–Kier alpha value is -0.820. The van der Waals surface area contributed by atoms with Crippen molar-refractivity contribution in [2.24, 2.45) is 0 Å². The Kier molecular flexibility index (Phi) is 3.55. The van der Waals surface area contributed by atoms with Crippen LogP contribution in [0.4, 0.5) is 0 Å². The summed E-state index contributed by atoms with van der Waals surface area (Å²) < 4.78 is 0. The Morgan fingerprint density at radius 3 is 2.00 bits per heavy atom. The lowest BCUT2D eigenvalue weighted by atomic mass is 9.62. The molecule has 104 valence electrons. The van der Waals surface area contributed by atoms with Gasteiger partial charge in [-0.3, -0.25) is 4.79 Å². The second kappa shape index (κ2) is 4.63. The van der Waals surface area contributed by atoms with Crippen LogP contribution in [-0.2, 0) is 17.3 Å². The van der Waals surface area contributed by atoms with Crippen LogP contribution in [0, 0.1) is 0 Å². The largest absolute Gasteiger partial charge is 0.276 e. The number of hydrogen-bond acceptors (Lipinski definition) is 1. The third kappa shape index (κ3) is 2.45. The summed E-state index contributed by atoms with van der Waals surface area (Å²) in [5.74, 6) is 0. The van der Waals surface area contributed by atoms with Gasteiger partial charge in [-0.15, -0.1) is 0 Å². The molecule has 0 bridgehead atoms. The Balaban J connectivity index is 2.74. The van der Waals surface area contributed by atoms with Crippen molar-refractivity contribution in [1.82, 2.24) is 0 Å². The highest BCUT2D eigenvalue weighted by molar-refractivity contribution is 6.67. The first-order valence-electron chi connectivity index (χ1n) is 7.07. The predicted octanol–water partition coefficient (Wildman–Crippen LogP) is 4.98. The predicted molar refractivity (Wildman–Crippen MR) is 81.3 cm³/mol. The van der Waals surface area contributed by atoms with Crippen LogP contribution in [0.15, 0.2) is 12.1 Å². The van der Waals surface area contributed by atoms with Crippen molar-refractivity contribution in [2.75, 3.05) is 0 Å². The second-order valence-electron chi connectivity index (χ2n) is 6.95. The Labute approximate surface area is 121 Å². The Morgan fingerprint density at radius 2 is 1.58 bits per heavy atom. The van der Waals surface area contributed by atoms with Gasteiger partial charge in [-0.05, 0) is 64.5 Å². The molecule has 0 radical (unpaired) electrons. The minimum absolute atomic E-state index is 0.123. The molecule has 1 aliphatic carbocycles. The topological polar surface area (TPSA) is 17.1 Å². The van der Waals surface area contributed by atoms with Crippen molar-refractivity contribution in [3.63, 3.8) is 0 Å². The summed E-state index contributed by atoms with van der Waals surface area (Å²) in [6.07, 6.45) is 3.18. The first-order valence-corrected chi connectivity index (χ1v) is 7.44. The summed E-state index contributed by atoms with van der Waals surface area (Å²) in [5, 5.41) is -0.334. The molecule has 19 heavy (non-hydrogen) atoms. The number of carbonyl (C=O) groups is 1. The molecular formula is C17H23ClO. The molecule has 0 fully saturated rings. The minimum Gasteiger partial charge on any atom is -0.276 e. The molecule has 2 rings (SSSR count). The van der Waals surface area contributed by atoms with Crippen LogP contribution in [-0.4, -0.2) is 5.24 Å². The molecule has 0 N–H and O–H groups in total. The van der Waals surface area contributed by atoms with Gasteiger partial charge in [0.2, 0.25) is 0 Å². The first-order chi connectivity index (χ1) is 8.69. The number of halogens is 1. The van der Waals surface area contributed by atoms with E-state index in [1.165, 1.54) is 17.5 Å². The summed E-state index contributed by atoms with van der Waals surface area (Å²) in [7, 11) is 0. The van der Waals surface area contributed by atoms with E-state index in [0.29, 0.717) is 5.56 Å². The normalized spacial score (nSPS) is 19.9. The minimum atomic E-state index is -0.334. The lowest BCUT2D eigenvalue weighted by Crippen LogP contribution is -2.34. The van der Waals surface area contributed by atoms with Crippen LogP contribution in [0.25, 0.3) is 0 Å². The van der Waals surface area contributed by atoms with E-state index >= 15 is 0 Å². The molecule has 0 amide bonds. The third-order valence-corrected chi connectivity index (χ3v) is 4.87. The fourth-order valence-corrected chi connectivity index (χ4v) is 3.31. The molecule has 2 heteroatoms. The van der Waals surface area contributed by atoms with E-state index in [9.17, 15) is 4.79 Å². The molecule has 1 nitrogen and oxygen atoms in total. The smallest absolute Gasteiger partial charge is 0.252 e. The van der Waals surface area contributed by atoms with Gasteiger partial charge in [0.05, 0.1) is 0 Å². The average Bonchev–Trinajstić information content (AvgIpc) is 2.33. The van der Waals surface area contributed by atoms with E-state index in [-0.39, 0.29) is 16.1 Å². The summed E-state index contributed by atoms with van der Waals surface area (Å²) in [4.78, 5) is 11.6. The van der Waals surface area contributed by atoms with E-state index in [4.69, 9.17) is 11.6 Å². The maximum absolute atomic E-state index is 11.6. The highest BCUT2D eigenvalue weighted by atomic mass is 35.5. The molecule has 0 unspecified atom stereocenters. The number of fused-ring (bicyclic) bond motifs is 1. The Bertz CT molecular complexity index is 526. The van der Waals surface area contributed by atoms with Gasteiger partial charge in [0.1, 0.15) is 0 Å². The zero-order valence-electron chi connectivity index (χ0n) is 12.6. The molecule has 0 atom stereocenters. The van der Waals surface area contributed by atoms with Gasteiger partial charge in [0.15, 0.2) is 0 Å². The van der Waals surface area contributed by atoms with E-state index < -0.39 is 0 Å². The highest BCUT2D eigenvalue weighted by Gasteiger charge is 2.37. The zero-order valence-corrected chi connectivity index (χ0v) is 13.3. The summed E-state index contributed by atoms with van der Waals surface area (Å²) in [5.41, 5.74) is 4.76. The van der Waals surface area contributed by atoms with Crippen LogP contribution >= 0.6 is 11.6 Å². The quantitative estimate of drug-likeness (QED) is 0.698. The summed E-state index contributed by atoms with van der Waals surface area (Å²) in [6.45, 7) is 11.2. The fourth-order valence-electron chi connectivity index (χ4n) is 3.13. The van der Waals surface area contributed by atoms with Crippen LogP contribution < -0.4 is 0 Å². The SMILES string of the molecule is CCc1cc2c(cc1C(=O)Cl)C(C)(C)CCC2(C)C. The van der Waals surface area contributed by atoms with Gasteiger partial charge >= 0.3 is 0 Å². The number of rotatable bonds is 2. The van der Waals surface area contributed by atoms with Crippen LogP contribution in [0.3, 0.4) is 0 Å². The van der Waals surface area contributed by atoms with Gasteiger partial charge in [-0.2, -0.15) is 0 Å². The van der Waals surface area contributed by atoms with Crippen molar-refractivity contribution in [3.8, 4) is 0 Å². The monoisotopic (exact) mass is 278 g/mol. The first kappa shape index (κ1) is 14.6. The second-order valence-corrected chi connectivity index (χ2v) is 7.29. The molecular weight excluding hydrogens is 256 g/mol. The number of aryl methyl sites for hydroxylation is 1. The maximum Gasteiger partial charge on any atom is 0.252 e. The lowest BCUT2D eigenvalue weighted by Gasteiger charge is -2.42. The number of hydrogen-bond donors (Lipinski definition) is 0. The molecule has 0 aromatic heterocycles. The van der Waals surface area contributed by atoms with Gasteiger partial charge in [0, 0.05) is 5.56 Å². The van der Waals surface area contributed by atoms with Crippen molar-refractivity contribution in [1.29, 1.82) is 0 Å². The number of benzene rings is 1. The standard InChI is InChI=1S/C17H23ClO/c1-6-11-9-13-14(10-12(11)15(18)19)17(4,5)8-7-16(13,2)3/h9-10H,6-8H2,1-5H3. The average molecular weight is 279 g/mol. The molecule has 1 aliphatic rings. The van der Waals surface area contributed by atoms with Crippen molar-refractivity contribution in [3.05, 3.63) is 34.4 Å². The lowest BCUT2D eigenvalue weighted by molar-refractivity contribution is 0.108. The van der Waals surface area contributed by atoms with Crippen molar-refractivity contribution < 1.29 is 4.79 Å². The van der Waals surface area contributed by atoms with Gasteiger partial charge in [-0.25, -0.2) is 0 Å². The van der Waals surface area contributed by atoms with Gasteiger partial charge in [0.25, 0.3) is 5.24 Å². The summed E-state index contributed by atoms with van der Waals surface area (Å²) in [6, 6.07) is 4.26. The Morgan fingerprint density at radius 1 is 1.11 bits per heavy atom. The molecule has 1 aromatic rings. The number of carbonyl (C=O) groups excluding carboxylic acids is 1. The molecule has 0 aliphatic heterocycles. The molecule has 1 aromatic carbocycles. The molecule has 0 saturated carbocycles. The molecule has 0 saturated heterocycles. The maximum atomic E-state index is 11.6.